The Morgan fingerprint density at radius 1 is 1.34 bits per heavy atom. The Labute approximate surface area is 175 Å². The lowest BCUT2D eigenvalue weighted by Gasteiger charge is -2.35. The topological polar surface area (TPSA) is 52.2 Å². The first-order valence-electron chi connectivity index (χ1n) is 10.2. The third-order valence-electron chi connectivity index (χ3n) is 5.83. The van der Waals surface area contributed by atoms with E-state index in [-0.39, 0.29) is 17.0 Å². The largest absolute Gasteiger partial charge is 0.268 e. The number of nitrogens with zero attached hydrogens (tertiary/aromatic N) is 4. The maximum Gasteiger partial charge on any atom is 0.265 e. The van der Waals surface area contributed by atoms with Gasteiger partial charge in [0.25, 0.3) is 5.56 Å². The number of fused-ring (bicyclic) bond motifs is 4. The monoisotopic (exact) mass is 408 g/mol. The normalized spacial score (nSPS) is 18.1. The second-order valence-corrected chi connectivity index (χ2v) is 9.53. The summed E-state index contributed by atoms with van der Waals surface area (Å²) >= 11 is 1.55. The fourth-order valence-electron chi connectivity index (χ4n) is 4.10. The minimum Gasteiger partial charge on any atom is -0.268 e. The summed E-state index contributed by atoms with van der Waals surface area (Å²) in [5, 5.41) is 5.45. The summed E-state index contributed by atoms with van der Waals surface area (Å²) in [5.74, 6) is 1.34. The predicted octanol–water partition coefficient (Wildman–Crippen LogP) is 5.03. The molecule has 1 atom stereocenters. The van der Waals surface area contributed by atoms with Gasteiger partial charge in [0.15, 0.2) is 5.16 Å². The minimum absolute atomic E-state index is 0.0139. The van der Waals surface area contributed by atoms with E-state index in [0.717, 1.165) is 41.0 Å². The Bertz CT molecular complexity index is 1170. The van der Waals surface area contributed by atoms with Crippen molar-refractivity contribution in [1.29, 1.82) is 0 Å². The van der Waals surface area contributed by atoms with Crippen LogP contribution in [0.5, 0.6) is 0 Å². The zero-order valence-electron chi connectivity index (χ0n) is 17.8. The van der Waals surface area contributed by atoms with Crippen molar-refractivity contribution >= 4 is 17.5 Å². The molecule has 1 aliphatic carbocycles. The molecular formula is C23H28N4OS. The molecule has 6 heteroatoms. The molecule has 4 rings (SSSR count). The molecule has 0 bridgehead atoms. The zero-order chi connectivity index (χ0) is 20.9. The average molecular weight is 409 g/mol. The quantitative estimate of drug-likeness (QED) is 0.439. The summed E-state index contributed by atoms with van der Waals surface area (Å²) in [6.45, 7) is 14.4. The molecule has 1 aliphatic rings. The van der Waals surface area contributed by atoms with Crippen molar-refractivity contribution in [2.24, 2.45) is 0 Å². The lowest BCUT2D eigenvalue weighted by Crippen LogP contribution is -2.38. The predicted molar refractivity (Wildman–Crippen MR) is 120 cm³/mol. The maximum absolute atomic E-state index is 13.9. The van der Waals surface area contributed by atoms with Gasteiger partial charge in [-0.05, 0) is 39.2 Å². The van der Waals surface area contributed by atoms with E-state index in [4.69, 9.17) is 10.1 Å². The fraction of sp³-hybridized carbons (Fsp3) is 0.435. The van der Waals surface area contributed by atoms with E-state index in [1.54, 1.807) is 16.2 Å². The van der Waals surface area contributed by atoms with E-state index in [0.29, 0.717) is 10.9 Å². The van der Waals surface area contributed by atoms with Gasteiger partial charge in [0.05, 0.1) is 17.3 Å². The number of hydrogen-bond donors (Lipinski definition) is 0. The maximum atomic E-state index is 13.9. The number of aromatic nitrogens is 4. The molecule has 2 aromatic heterocycles. The Balaban J connectivity index is 2.09. The van der Waals surface area contributed by atoms with Gasteiger partial charge in [0.2, 0.25) is 5.78 Å². The minimum atomic E-state index is -0.245. The summed E-state index contributed by atoms with van der Waals surface area (Å²) < 4.78 is 3.58. The van der Waals surface area contributed by atoms with Crippen molar-refractivity contribution in [2.45, 2.75) is 64.1 Å². The van der Waals surface area contributed by atoms with Gasteiger partial charge >= 0.3 is 0 Å². The molecule has 1 aromatic carbocycles. The Kier molecular flexibility index (Phi) is 4.93. The van der Waals surface area contributed by atoms with Gasteiger partial charge in [-0.15, -0.1) is 5.10 Å². The molecule has 0 spiro atoms. The summed E-state index contributed by atoms with van der Waals surface area (Å²) in [4.78, 5) is 19.0. The summed E-state index contributed by atoms with van der Waals surface area (Å²) in [7, 11) is 0. The molecule has 152 valence electrons. The van der Waals surface area contributed by atoms with Crippen molar-refractivity contribution in [3.63, 3.8) is 0 Å². The summed E-state index contributed by atoms with van der Waals surface area (Å²) in [6, 6.07) is 8.43. The van der Waals surface area contributed by atoms with Crippen LogP contribution in [0.3, 0.4) is 0 Å². The molecular weight excluding hydrogens is 380 g/mol. The van der Waals surface area contributed by atoms with Crippen LogP contribution in [0.1, 0.15) is 58.2 Å². The van der Waals surface area contributed by atoms with Crippen molar-refractivity contribution in [1.82, 2.24) is 19.2 Å². The van der Waals surface area contributed by atoms with Crippen molar-refractivity contribution in [3.05, 3.63) is 57.9 Å². The third kappa shape index (κ3) is 3.14. The van der Waals surface area contributed by atoms with Gasteiger partial charge in [0.1, 0.15) is 0 Å². The first-order chi connectivity index (χ1) is 13.8. The van der Waals surface area contributed by atoms with E-state index in [1.807, 2.05) is 17.7 Å². The number of rotatable bonds is 5. The van der Waals surface area contributed by atoms with Crippen LogP contribution in [0, 0.1) is 0 Å². The van der Waals surface area contributed by atoms with Gasteiger partial charge in [-0.3, -0.25) is 4.79 Å². The van der Waals surface area contributed by atoms with Crippen molar-refractivity contribution in [3.8, 4) is 11.3 Å². The van der Waals surface area contributed by atoms with Crippen LogP contribution in [-0.2, 0) is 11.8 Å². The Hall–Kier alpha value is -2.34. The molecule has 0 saturated heterocycles. The van der Waals surface area contributed by atoms with Crippen LogP contribution >= 0.6 is 11.8 Å². The second kappa shape index (κ2) is 7.17. The smallest absolute Gasteiger partial charge is 0.265 e. The molecule has 0 N–H and O–H groups in total. The SMILES string of the molecule is C=C(C)CSc1nn(C(C)C)c2nc3c(c(=O)n12)[C@](C)(CC)Cc1ccccc1-3. The first-order valence-corrected chi connectivity index (χ1v) is 11.2. The molecule has 29 heavy (non-hydrogen) atoms. The molecule has 2 heterocycles. The van der Waals surface area contributed by atoms with Crippen LogP contribution in [0.2, 0.25) is 0 Å². The Morgan fingerprint density at radius 3 is 2.72 bits per heavy atom. The van der Waals surface area contributed by atoms with E-state index in [9.17, 15) is 4.79 Å². The van der Waals surface area contributed by atoms with Crippen LogP contribution in [-0.4, -0.2) is 24.9 Å². The lowest BCUT2D eigenvalue weighted by molar-refractivity contribution is 0.439. The van der Waals surface area contributed by atoms with E-state index >= 15 is 0 Å². The van der Waals surface area contributed by atoms with E-state index in [1.165, 1.54) is 5.56 Å². The molecule has 0 fully saturated rings. The first kappa shape index (κ1) is 20.0. The second-order valence-electron chi connectivity index (χ2n) is 8.59. The van der Waals surface area contributed by atoms with Gasteiger partial charge in [0, 0.05) is 16.7 Å². The lowest BCUT2D eigenvalue weighted by atomic mass is 9.69. The standard InChI is InChI=1S/C23H28N4OS/c1-7-23(6)12-16-10-8-9-11-17(16)19-18(23)20(28)26-21(24-19)27(15(4)5)25-22(26)29-13-14(2)3/h8-11,15H,2,7,12-13H2,1,3-6H3/t23-/m1/s1. The molecule has 0 radical (unpaired) electrons. The van der Waals surface area contributed by atoms with Crippen molar-refractivity contribution < 1.29 is 0 Å². The molecule has 0 aliphatic heterocycles. The van der Waals surface area contributed by atoms with Crippen LogP contribution < -0.4 is 5.56 Å². The highest BCUT2D eigenvalue weighted by atomic mass is 32.2. The number of benzene rings is 1. The average Bonchev–Trinajstić information content (AvgIpc) is 3.05. The molecule has 0 unspecified atom stereocenters. The number of hydrogen-bond acceptors (Lipinski definition) is 4. The highest BCUT2D eigenvalue weighted by molar-refractivity contribution is 7.99. The van der Waals surface area contributed by atoms with Gasteiger partial charge in [-0.1, -0.05) is 62.0 Å². The highest BCUT2D eigenvalue weighted by Crippen LogP contribution is 2.42. The summed E-state index contributed by atoms with van der Waals surface area (Å²) in [5.41, 5.74) is 4.78. The summed E-state index contributed by atoms with van der Waals surface area (Å²) in [6.07, 6.45) is 1.73. The zero-order valence-corrected chi connectivity index (χ0v) is 18.6. The fourth-order valence-corrected chi connectivity index (χ4v) is 4.91. The van der Waals surface area contributed by atoms with Crippen molar-refractivity contribution in [2.75, 3.05) is 5.75 Å². The Morgan fingerprint density at radius 2 is 2.07 bits per heavy atom. The molecule has 0 saturated carbocycles. The van der Waals surface area contributed by atoms with Gasteiger partial charge < -0.3 is 0 Å². The molecule has 3 aromatic rings. The van der Waals surface area contributed by atoms with Gasteiger partial charge in [-0.25, -0.2) is 14.1 Å². The van der Waals surface area contributed by atoms with E-state index < -0.39 is 0 Å². The van der Waals surface area contributed by atoms with Gasteiger partial charge in [-0.2, -0.15) is 0 Å². The highest BCUT2D eigenvalue weighted by Gasteiger charge is 2.38. The molecule has 5 nitrogen and oxygen atoms in total. The number of thioether (sulfide) groups is 1. The van der Waals surface area contributed by atoms with Crippen LogP contribution in [0.4, 0.5) is 0 Å². The van der Waals surface area contributed by atoms with E-state index in [2.05, 4.69) is 52.5 Å². The van der Waals surface area contributed by atoms with Crippen LogP contribution in [0.15, 0.2) is 46.4 Å². The third-order valence-corrected chi connectivity index (χ3v) is 6.99. The molecule has 0 amide bonds. The van der Waals surface area contributed by atoms with Crippen LogP contribution in [0.25, 0.3) is 17.0 Å².